The highest BCUT2D eigenvalue weighted by Crippen LogP contribution is 2.29. The first-order chi connectivity index (χ1) is 7.11. The third-order valence-electron chi connectivity index (χ3n) is 2.61. The second-order valence-electron chi connectivity index (χ2n) is 3.92. The van der Waals surface area contributed by atoms with Crippen LogP contribution in [0.5, 0.6) is 0 Å². The van der Waals surface area contributed by atoms with E-state index >= 15 is 0 Å². The Balaban J connectivity index is 2.83. The number of nitrogens with zero attached hydrogens (tertiary/aromatic N) is 2. The molecule has 0 aliphatic carbocycles. The van der Waals surface area contributed by atoms with Crippen molar-refractivity contribution in [1.82, 2.24) is 4.98 Å². The van der Waals surface area contributed by atoms with E-state index in [1.165, 1.54) is 0 Å². The number of hydrogen-bond donors (Lipinski definition) is 1. The first-order valence-corrected chi connectivity index (χ1v) is 4.92. The van der Waals surface area contributed by atoms with E-state index in [1.54, 1.807) is 6.20 Å². The fraction of sp³-hybridized carbons (Fsp3) is 0.250. The maximum Gasteiger partial charge on any atom is 0.135 e. The van der Waals surface area contributed by atoms with Gasteiger partial charge in [-0.05, 0) is 18.6 Å². The summed E-state index contributed by atoms with van der Waals surface area (Å²) in [6.45, 7) is 2.02. The summed E-state index contributed by atoms with van der Waals surface area (Å²) in [5, 5.41) is 2.18. The smallest absolute Gasteiger partial charge is 0.135 e. The van der Waals surface area contributed by atoms with Gasteiger partial charge in [0.1, 0.15) is 5.82 Å². The molecule has 1 heterocycles. The van der Waals surface area contributed by atoms with E-state index in [1.807, 2.05) is 38.1 Å². The first kappa shape index (κ1) is 9.77. The maximum absolute atomic E-state index is 6.04. The molecule has 0 saturated carbocycles. The van der Waals surface area contributed by atoms with Crippen LogP contribution in [-0.4, -0.2) is 19.1 Å². The molecule has 0 amide bonds. The molecule has 0 radical (unpaired) electrons. The minimum absolute atomic E-state index is 0.845. The van der Waals surface area contributed by atoms with Crippen LogP contribution in [0.25, 0.3) is 10.8 Å². The van der Waals surface area contributed by atoms with Crippen LogP contribution in [0.4, 0.5) is 11.5 Å². The number of pyridine rings is 1. The van der Waals surface area contributed by atoms with Crippen LogP contribution >= 0.6 is 0 Å². The monoisotopic (exact) mass is 201 g/mol. The van der Waals surface area contributed by atoms with Crippen molar-refractivity contribution in [3.63, 3.8) is 0 Å². The van der Waals surface area contributed by atoms with E-state index in [2.05, 4.69) is 11.1 Å². The van der Waals surface area contributed by atoms with Gasteiger partial charge >= 0.3 is 0 Å². The second kappa shape index (κ2) is 3.42. The Bertz CT molecular complexity index is 503. The van der Waals surface area contributed by atoms with Crippen molar-refractivity contribution in [3.8, 4) is 0 Å². The van der Waals surface area contributed by atoms with Crippen molar-refractivity contribution in [2.24, 2.45) is 0 Å². The highest BCUT2D eigenvalue weighted by Gasteiger charge is 2.07. The predicted octanol–water partition coefficient (Wildman–Crippen LogP) is 2.19. The van der Waals surface area contributed by atoms with Gasteiger partial charge in [0.05, 0.1) is 0 Å². The van der Waals surface area contributed by atoms with Crippen molar-refractivity contribution in [2.45, 2.75) is 6.92 Å². The first-order valence-electron chi connectivity index (χ1n) is 4.92. The van der Waals surface area contributed by atoms with E-state index in [0.717, 1.165) is 27.8 Å². The van der Waals surface area contributed by atoms with Gasteiger partial charge < -0.3 is 10.6 Å². The molecule has 15 heavy (non-hydrogen) atoms. The Morgan fingerprint density at radius 3 is 2.53 bits per heavy atom. The average Bonchev–Trinajstić information content (AvgIpc) is 2.23. The molecule has 0 saturated heterocycles. The molecule has 3 heteroatoms. The van der Waals surface area contributed by atoms with Crippen molar-refractivity contribution in [3.05, 3.63) is 30.0 Å². The number of aryl methyl sites for hydroxylation is 1. The molecule has 0 spiro atoms. The molecule has 0 unspecified atom stereocenters. The molecule has 0 aliphatic rings. The number of hydrogen-bond acceptors (Lipinski definition) is 3. The van der Waals surface area contributed by atoms with Crippen LogP contribution in [0.3, 0.4) is 0 Å². The SMILES string of the molecule is Cc1ccc2c(N(C)C)nccc2c1N. The van der Waals surface area contributed by atoms with Crippen molar-refractivity contribution >= 4 is 22.3 Å². The number of aromatic nitrogens is 1. The number of anilines is 2. The van der Waals surface area contributed by atoms with Crippen molar-refractivity contribution < 1.29 is 0 Å². The topological polar surface area (TPSA) is 42.2 Å². The van der Waals surface area contributed by atoms with Crippen LogP contribution in [0, 0.1) is 6.92 Å². The Labute approximate surface area is 89.5 Å². The summed E-state index contributed by atoms with van der Waals surface area (Å²) in [4.78, 5) is 6.34. The fourth-order valence-electron chi connectivity index (χ4n) is 1.73. The summed E-state index contributed by atoms with van der Waals surface area (Å²) in [5.74, 6) is 0.958. The van der Waals surface area contributed by atoms with E-state index in [0.29, 0.717) is 0 Å². The van der Waals surface area contributed by atoms with Gasteiger partial charge in [-0.1, -0.05) is 12.1 Å². The van der Waals surface area contributed by atoms with Crippen LogP contribution in [0.2, 0.25) is 0 Å². The highest BCUT2D eigenvalue weighted by atomic mass is 15.1. The minimum Gasteiger partial charge on any atom is -0.398 e. The summed E-state index contributed by atoms with van der Waals surface area (Å²) in [5.41, 5.74) is 8.00. The molecule has 1 aromatic heterocycles. The quantitative estimate of drug-likeness (QED) is 0.719. The lowest BCUT2D eigenvalue weighted by molar-refractivity contribution is 1.08. The summed E-state index contributed by atoms with van der Waals surface area (Å²) < 4.78 is 0. The molecule has 1 aromatic carbocycles. The lowest BCUT2D eigenvalue weighted by Gasteiger charge is -2.15. The Morgan fingerprint density at radius 1 is 1.13 bits per heavy atom. The number of fused-ring (bicyclic) bond motifs is 1. The summed E-state index contributed by atoms with van der Waals surface area (Å²) in [6.07, 6.45) is 1.80. The number of nitrogen functional groups attached to an aromatic ring is 1. The van der Waals surface area contributed by atoms with E-state index in [4.69, 9.17) is 5.73 Å². The lowest BCUT2D eigenvalue weighted by atomic mass is 10.1. The van der Waals surface area contributed by atoms with Gasteiger partial charge in [-0.15, -0.1) is 0 Å². The molecule has 78 valence electrons. The molecule has 0 fully saturated rings. The zero-order chi connectivity index (χ0) is 11.0. The van der Waals surface area contributed by atoms with Gasteiger partial charge in [0.25, 0.3) is 0 Å². The number of benzene rings is 1. The van der Waals surface area contributed by atoms with Crippen LogP contribution in [-0.2, 0) is 0 Å². The molecule has 0 bridgehead atoms. The summed E-state index contributed by atoms with van der Waals surface area (Å²) in [7, 11) is 3.97. The minimum atomic E-state index is 0.845. The normalized spacial score (nSPS) is 10.6. The number of nitrogens with two attached hydrogens (primary N) is 1. The fourth-order valence-corrected chi connectivity index (χ4v) is 1.73. The van der Waals surface area contributed by atoms with Gasteiger partial charge in [0, 0.05) is 36.8 Å². The highest BCUT2D eigenvalue weighted by molar-refractivity contribution is 6.00. The zero-order valence-electron chi connectivity index (χ0n) is 9.28. The number of rotatable bonds is 1. The van der Waals surface area contributed by atoms with Gasteiger partial charge in [0.15, 0.2) is 0 Å². The average molecular weight is 201 g/mol. The molecule has 0 atom stereocenters. The predicted molar refractivity (Wildman–Crippen MR) is 65.2 cm³/mol. The standard InChI is InChI=1S/C12H15N3/c1-8-4-5-10-9(11(8)13)6-7-14-12(10)15(2)3/h4-7H,13H2,1-3H3. The van der Waals surface area contributed by atoms with Crippen LogP contribution < -0.4 is 10.6 Å². The molecular formula is C12H15N3. The third-order valence-corrected chi connectivity index (χ3v) is 2.61. The Morgan fingerprint density at radius 2 is 1.87 bits per heavy atom. The Hall–Kier alpha value is -1.77. The van der Waals surface area contributed by atoms with E-state index in [9.17, 15) is 0 Å². The molecule has 2 rings (SSSR count). The van der Waals surface area contributed by atoms with Crippen LogP contribution in [0.15, 0.2) is 24.4 Å². The van der Waals surface area contributed by atoms with Crippen molar-refractivity contribution in [2.75, 3.05) is 24.7 Å². The lowest BCUT2D eigenvalue weighted by Crippen LogP contribution is -2.11. The zero-order valence-corrected chi connectivity index (χ0v) is 9.28. The van der Waals surface area contributed by atoms with Gasteiger partial charge in [0.2, 0.25) is 0 Å². The molecule has 2 N–H and O–H groups in total. The van der Waals surface area contributed by atoms with Gasteiger partial charge in [-0.3, -0.25) is 0 Å². The largest absolute Gasteiger partial charge is 0.398 e. The summed E-state index contributed by atoms with van der Waals surface area (Å²) in [6, 6.07) is 6.07. The molecule has 0 aliphatic heterocycles. The van der Waals surface area contributed by atoms with E-state index in [-0.39, 0.29) is 0 Å². The molecular weight excluding hydrogens is 186 g/mol. The van der Waals surface area contributed by atoms with E-state index < -0.39 is 0 Å². The summed E-state index contributed by atoms with van der Waals surface area (Å²) >= 11 is 0. The molecule has 3 nitrogen and oxygen atoms in total. The third kappa shape index (κ3) is 1.50. The molecule has 2 aromatic rings. The second-order valence-corrected chi connectivity index (χ2v) is 3.92. The van der Waals surface area contributed by atoms with Crippen molar-refractivity contribution in [1.29, 1.82) is 0 Å². The Kier molecular flexibility index (Phi) is 2.23. The van der Waals surface area contributed by atoms with Crippen LogP contribution in [0.1, 0.15) is 5.56 Å². The maximum atomic E-state index is 6.04. The van der Waals surface area contributed by atoms with Gasteiger partial charge in [-0.25, -0.2) is 4.98 Å². The van der Waals surface area contributed by atoms with Gasteiger partial charge in [-0.2, -0.15) is 0 Å².